The summed E-state index contributed by atoms with van der Waals surface area (Å²) in [7, 11) is 0. The average Bonchev–Trinajstić information content (AvgIpc) is 2.44. The Morgan fingerprint density at radius 3 is 3.05 bits per heavy atom. The fourth-order valence-corrected chi connectivity index (χ4v) is 2.27. The van der Waals surface area contributed by atoms with Crippen LogP contribution in [0.3, 0.4) is 0 Å². The van der Waals surface area contributed by atoms with E-state index >= 15 is 0 Å². The molecule has 0 radical (unpaired) electrons. The van der Waals surface area contributed by atoms with Gasteiger partial charge in [-0.05, 0) is 31.5 Å². The zero-order chi connectivity index (χ0) is 14.5. The second kappa shape index (κ2) is 6.56. The summed E-state index contributed by atoms with van der Waals surface area (Å²) in [6.07, 6.45) is 0.0803. The van der Waals surface area contributed by atoms with Crippen LogP contribution < -0.4 is 5.73 Å². The van der Waals surface area contributed by atoms with Crippen LogP contribution in [0.5, 0.6) is 0 Å². The highest BCUT2D eigenvalue weighted by Gasteiger charge is 2.23. The largest absolute Gasteiger partial charge is 0.375 e. The van der Waals surface area contributed by atoms with Crippen LogP contribution in [0.15, 0.2) is 18.2 Å². The third-order valence-electron chi connectivity index (χ3n) is 3.26. The van der Waals surface area contributed by atoms with E-state index in [1.165, 1.54) is 0 Å². The maximum absolute atomic E-state index is 12.6. The molecule has 4 heteroatoms. The molecule has 1 unspecified atom stereocenters. The minimum absolute atomic E-state index is 0.0153. The maximum Gasteiger partial charge on any atom is 0.255 e. The monoisotopic (exact) mass is 272 g/mol. The minimum atomic E-state index is 0.0153. The fourth-order valence-electron chi connectivity index (χ4n) is 2.27. The average molecular weight is 272 g/mol. The van der Waals surface area contributed by atoms with Crippen molar-refractivity contribution in [3.63, 3.8) is 0 Å². The van der Waals surface area contributed by atoms with Crippen LogP contribution in [0, 0.1) is 18.8 Å². The topological polar surface area (TPSA) is 55.6 Å². The fraction of sp³-hybridized carbons (Fsp3) is 0.438. The molecule has 1 amide bonds. The lowest BCUT2D eigenvalue weighted by atomic mass is 10.0. The highest BCUT2D eigenvalue weighted by molar-refractivity contribution is 5.97. The van der Waals surface area contributed by atoms with Gasteiger partial charge in [-0.3, -0.25) is 4.79 Å². The van der Waals surface area contributed by atoms with E-state index in [2.05, 4.69) is 11.8 Å². The van der Waals surface area contributed by atoms with Crippen LogP contribution in [-0.4, -0.2) is 43.2 Å². The first kappa shape index (κ1) is 14.6. The molecular formula is C16H20N2O2. The molecule has 1 aromatic carbocycles. The minimum Gasteiger partial charge on any atom is -0.375 e. The van der Waals surface area contributed by atoms with Gasteiger partial charge < -0.3 is 15.4 Å². The molecule has 1 aliphatic heterocycles. The molecule has 0 spiro atoms. The van der Waals surface area contributed by atoms with Gasteiger partial charge in [-0.1, -0.05) is 17.9 Å². The summed E-state index contributed by atoms with van der Waals surface area (Å²) < 4.78 is 5.47. The molecule has 106 valence electrons. The number of carbonyl (C=O) groups excluding carboxylic acids is 1. The van der Waals surface area contributed by atoms with Crippen molar-refractivity contribution in [1.82, 2.24) is 4.90 Å². The van der Waals surface area contributed by atoms with Gasteiger partial charge in [0.25, 0.3) is 5.91 Å². The molecule has 1 fully saturated rings. The lowest BCUT2D eigenvalue weighted by Gasteiger charge is -2.31. The van der Waals surface area contributed by atoms with Gasteiger partial charge in [0, 0.05) is 18.7 Å². The van der Waals surface area contributed by atoms with Crippen LogP contribution in [0.25, 0.3) is 0 Å². The third-order valence-corrected chi connectivity index (χ3v) is 3.26. The van der Waals surface area contributed by atoms with Gasteiger partial charge in [0.2, 0.25) is 0 Å². The number of nitrogens with two attached hydrogens (primary N) is 1. The predicted molar refractivity (Wildman–Crippen MR) is 78.4 cm³/mol. The van der Waals surface area contributed by atoms with Crippen molar-refractivity contribution in [2.45, 2.75) is 20.0 Å². The number of morpholine rings is 1. The summed E-state index contributed by atoms with van der Waals surface area (Å²) in [4.78, 5) is 14.4. The molecule has 2 rings (SSSR count). The molecule has 20 heavy (non-hydrogen) atoms. The first-order valence-electron chi connectivity index (χ1n) is 6.82. The van der Waals surface area contributed by atoms with Crippen molar-refractivity contribution >= 4 is 5.91 Å². The SMILES string of the molecule is Cc1ccc(C(=O)N2CCOC(C)C2)c(C#CCN)c1. The Kier molecular flexibility index (Phi) is 4.78. The predicted octanol–water partition coefficient (Wildman–Crippen LogP) is 1.17. The van der Waals surface area contributed by atoms with E-state index in [9.17, 15) is 4.79 Å². The van der Waals surface area contributed by atoms with Gasteiger partial charge in [-0.2, -0.15) is 0 Å². The molecular weight excluding hydrogens is 252 g/mol. The zero-order valence-electron chi connectivity index (χ0n) is 12.0. The lowest BCUT2D eigenvalue weighted by molar-refractivity contribution is -0.0124. The number of hydrogen-bond donors (Lipinski definition) is 1. The Labute approximate surface area is 119 Å². The highest BCUT2D eigenvalue weighted by atomic mass is 16.5. The van der Waals surface area contributed by atoms with Crippen molar-refractivity contribution in [2.75, 3.05) is 26.2 Å². The van der Waals surface area contributed by atoms with Crippen molar-refractivity contribution in [3.8, 4) is 11.8 Å². The molecule has 1 saturated heterocycles. The van der Waals surface area contributed by atoms with E-state index < -0.39 is 0 Å². The van der Waals surface area contributed by atoms with E-state index in [4.69, 9.17) is 10.5 Å². The smallest absolute Gasteiger partial charge is 0.255 e. The number of benzene rings is 1. The summed E-state index contributed by atoms with van der Waals surface area (Å²) in [6, 6.07) is 5.71. The summed E-state index contributed by atoms with van der Waals surface area (Å²) in [5.74, 6) is 5.83. The molecule has 0 bridgehead atoms. The molecule has 0 aliphatic carbocycles. The van der Waals surface area contributed by atoms with Crippen LogP contribution in [0.2, 0.25) is 0 Å². The van der Waals surface area contributed by atoms with Crippen molar-refractivity contribution < 1.29 is 9.53 Å². The molecule has 0 saturated carbocycles. The first-order chi connectivity index (χ1) is 9.61. The van der Waals surface area contributed by atoms with Gasteiger partial charge in [-0.15, -0.1) is 0 Å². The van der Waals surface area contributed by atoms with E-state index in [0.29, 0.717) is 25.3 Å². The molecule has 1 atom stereocenters. The van der Waals surface area contributed by atoms with Gasteiger partial charge in [0.1, 0.15) is 0 Å². The van der Waals surface area contributed by atoms with Crippen molar-refractivity contribution in [1.29, 1.82) is 0 Å². The van der Waals surface area contributed by atoms with Gasteiger partial charge >= 0.3 is 0 Å². The highest BCUT2D eigenvalue weighted by Crippen LogP contribution is 2.15. The number of aryl methyl sites for hydroxylation is 1. The van der Waals surface area contributed by atoms with Crippen LogP contribution in [0.4, 0.5) is 0 Å². The number of amides is 1. The van der Waals surface area contributed by atoms with Crippen molar-refractivity contribution in [2.24, 2.45) is 5.73 Å². The summed E-state index contributed by atoms with van der Waals surface area (Å²) in [6.45, 7) is 6.08. The maximum atomic E-state index is 12.6. The van der Waals surface area contributed by atoms with Crippen molar-refractivity contribution in [3.05, 3.63) is 34.9 Å². The Hall–Kier alpha value is -1.83. The summed E-state index contributed by atoms with van der Waals surface area (Å²) in [5.41, 5.74) is 7.89. The first-order valence-corrected chi connectivity index (χ1v) is 6.82. The Morgan fingerprint density at radius 2 is 2.35 bits per heavy atom. The molecule has 0 aromatic heterocycles. The zero-order valence-corrected chi connectivity index (χ0v) is 12.0. The molecule has 1 heterocycles. The standard InChI is InChI=1S/C16H20N2O2/c1-12-5-6-15(14(10-12)4-3-7-17)16(19)18-8-9-20-13(2)11-18/h5-6,10,13H,7-9,11,17H2,1-2H3. The Bertz CT molecular complexity index is 557. The van der Waals surface area contributed by atoms with Crippen LogP contribution >= 0.6 is 0 Å². The summed E-state index contributed by atoms with van der Waals surface area (Å²) >= 11 is 0. The molecule has 1 aliphatic rings. The Morgan fingerprint density at radius 1 is 1.55 bits per heavy atom. The van der Waals surface area contributed by atoms with Gasteiger partial charge in [0.05, 0.1) is 24.8 Å². The lowest BCUT2D eigenvalue weighted by Crippen LogP contribution is -2.44. The second-order valence-corrected chi connectivity index (χ2v) is 4.99. The normalized spacial score (nSPS) is 18.4. The van der Waals surface area contributed by atoms with E-state index in [1.54, 1.807) is 0 Å². The van der Waals surface area contributed by atoms with Crippen LogP contribution in [-0.2, 0) is 4.74 Å². The van der Waals surface area contributed by atoms with E-state index in [1.807, 2.05) is 36.9 Å². The molecule has 1 aromatic rings. The van der Waals surface area contributed by atoms with Crippen LogP contribution in [0.1, 0.15) is 28.4 Å². The Balaban J connectivity index is 2.29. The number of nitrogens with zero attached hydrogens (tertiary/aromatic N) is 1. The number of hydrogen-bond acceptors (Lipinski definition) is 3. The number of rotatable bonds is 1. The second-order valence-electron chi connectivity index (χ2n) is 4.99. The molecule has 2 N–H and O–H groups in total. The van der Waals surface area contributed by atoms with Gasteiger partial charge in [0.15, 0.2) is 0 Å². The summed E-state index contributed by atoms with van der Waals surface area (Å²) in [5, 5.41) is 0. The van der Waals surface area contributed by atoms with Gasteiger partial charge in [-0.25, -0.2) is 0 Å². The van der Waals surface area contributed by atoms with E-state index in [-0.39, 0.29) is 18.6 Å². The number of ether oxygens (including phenoxy) is 1. The number of carbonyl (C=O) groups is 1. The quantitative estimate of drug-likeness (QED) is 0.781. The van der Waals surface area contributed by atoms with E-state index in [0.717, 1.165) is 11.1 Å². The molecule has 4 nitrogen and oxygen atoms in total. The third kappa shape index (κ3) is 3.38.